The highest BCUT2D eigenvalue weighted by atomic mass is 15.3. The first kappa shape index (κ1) is 13.1. The summed E-state index contributed by atoms with van der Waals surface area (Å²) in [7, 11) is 2.20. The Bertz CT molecular complexity index is 529. The van der Waals surface area contributed by atoms with E-state index in [2.05, 4.69) is 45.5 Å². The smallest absolute Gasteiger partial charge is 0.138 e. The Labute approximate surface area is 119 Å². The Morgan fingerprint density at radius 2 is 2.05 bits per heavy atom. The van der Waals surface area contributed by atoms with E-state index in [0.29, 0.717) is 0 Å². The third-order valence-corrected chi connectivity index (χ3v) is 3.99. The lowest BCUT2D eigenvalue weighted by molar-refractivity contribution is 0.226. The van der Waals surface area contributed by atoms with Gasteiger partial charge in [-0.15, -0.1) is 0 Å². The van der Waals surface area contributed by atoms with Crippen LogP contribution in [0.5, 0.6) is 0 Å². The zero-order chi connectivity index (χ0) is 13.8. The number of anilines is 1. The molecule has 1 fully saturated rings. The molecule has 5 heteroatoms. The summed E-state index contributed by atoms with van der Waals surface area (Å²) in [6.07, 6.45) is 5.84. The molecule has 1 saturated heterocycles. The molecule has 2 heterocycles. The van der Waals surface area contributed by atoms with Gasteiger partial charge in [-0.3, -0.25) is 0 Å². The lowest BCUT2D eigenvalue weighted by Crippen LogP contribution is -2.33. The molecule has 0 radical (unpaired) electrons. The molecule has 5 nitrogen and oxygen atoms in total. The van der Waals surface area contributed by atoms with Crippen LogP contribution in [0.3, 0.4) is 0 Å². The molecule has 1 aromatic heterocycles. The van der Waals surface area contributed by atoms with Gasteiger partial charge in [-0.05, 0) is 51.0 Å². The lowest BCUT2D eigenvalue weighted by Gasteiger charge is -2.29. The van der Waals surface area contributed by atoms with Gasteiger partial charge in [0.05, 0.1) is 11.4 Å². The van der Waals surface area contributed by atoms with E-state index in [4.69, 9.17) is 0 Å². The molecule has 0 spiro atoms. The van der Waals surface area contributed by atoms with Crippen molar-refractivity contribution in [3.05, 3.63) is 36.9 Å². The third-order valence-electron chi connectivity index (χ3n) is 3.99. The predicted octanol–water partition coefficient (Wildman–Crippen LogP) is 2.02. The van der Waals surface area contributed by atoms with Crippen LogP contribution < -0.4 is 5.32 Å². The second kappa shape index (κ2) is 6.05. The quantitative estimate of drug-likeness (QED) is 0.924. The van der Waals surface area contributed by atoms with Crippen molar-refractivity contribution in [3.8, 4) is 5.69 Å². The molecule has 0 saturated carbocycles. The van der Waals surface area contributed by atoms with Crippen LogP contribution >= 0.6 is 0 Å². The van der Waals surface area contributed by atoms with Gasteiger partial charge in [-0.25, -0.2) is 9.67 Å². The fourth-order valence-corrected chi connectivity index (χ4v) is 2.68. The summed E-state index contributed by atoms with van der Waals surface area (Å²) in [6.45, 7) is 3.44. The molecule has 1 aromatic carbocycles. The van der Waals surface area contributed by atoms with Gasteiger partial charge < -0.3 is 10.2 Å². The van der Waals surface area contributed by atoms with E-state index in [1.807, 2.05) is 6.07 Å². The molecule has 2 aromatic rings. The number of hydrogen-bond donors (Lipinski definition) is 1. The van der Waals surface area contributed by atoms with Crippen LogP contribution in [0.25, 0.3) is 5.69 Å². The number of nitrogens with zero attached hydrogens (tertiary/aromatic N) is 4. The van der Waals surface area contributed by atoms with Crippen molar-refractivity contribution >= 4 is 5.69 Å². The summed E-state index contributed by atoms with van der Waals surface area (Å²) in [6, 6.07) is 8.24. The van der Waals surface area contributed by atoms with Crippen molar-refractivity contribution in [2.24, 2.45) is 5.92 Å². The Morgan fingerprint density at radius 3 is 2.80 bits per heavy atom. The zero-order valence-electron chi connectivity index (χ0n) is 11.9. The van der Waals surface area contributed by atoms with Crippen molar-refractivity contribution in [3.63, 3.8) is 0 Å². The van der Waals surface area contributed by atoms with Crippen molar-refractivity contribution in [1.82, 2.24) is 19.7 Å². The average Bonchev–Trinajstić information content (AvgIpc) is 3.01. The van der Waals surface area contributed by atoms with E-state index in [0.717, 1.165) is 23.8 Å². The van der Waals surface area contributed by atoms with Crippen LogP contribution in [0.1, 0.15) is 12.8 Å². The molecule has 20 heavy (non-hydrogen) atoms. The van der Waals surface area contributed by atoms with E-state index in [1.165, 1.54) is 25.9 Å². The number of piperidine rings is 1. The summed E-state index contributed by atoms with van der Waals surface area (Å²) >= 11 is 0. The molecule has 0 unspecified atom stereocenters. The summed E-state index contributed by atoms with van der Waals surface area (Å²) < 4.78 is 1.80. The van der Waals surface area contributed by atoms with Gasteiger partial charge in [-0.1, -0.05) is 12.1 Å². The lowest BCUT2D eigenvalue weighted by atomic mass is 9.97. The molecule has 0 aliphatic carbocycles. The molecule has 1 aliphatic heterocycles. The number of aromatic nitrogens is 3. The molecule has 0 atom stereocenters. The fourth-order valence-electron chi connectivity index (χ4n) is 2.68. The summed E-state index contributed by atoms with van der Waals surface area (Å²) in [5, 5.41) is 7.79. The first-order valence-corrected chi connectivity index (χ1v) is 7.19. The molecule has 0 amide bonds. The topological polar surface area (TPSA) is 46.0 Å². The van der Waals surface area contributed by atoms with Gasteiger partial charge >= 0.3 is 0 Å². The van der Waals surface area contributed by atoms with Gasteiger partial charge in [0.2, 0.25) is 0 Å². The van der Waals surface area contributed by atoms with E-state index in [-0.39, 0.29) is 0 Å². The van der Waals surface area contributed by atoms with Gasteiger partial charge in [0.25, 0.3) is 0 Å². The average molecular weight is 271 g/mol. The Morgan fingerprint density at radius 1 is 1.25 bits per heavy atom. The number of benzene rings is 1. The van der Waals surface area contributed by atoms with Gasteiger partial charge in [0.15, 0.2) is 0 Å². The fraction of sp³-hybridized carbons (Fsp3) is 0.467. The molecular formula is C15H21N5. The van der Waals surface area contributed by atoms with Crippen LogP contribution in [-0.4, -0.2) is 46.3 Å². The predicted molar refractivity (Wildman–Crippen MR) is 80.1 cm³/mol. The zero-order valence-corrected chi connectivity index (χ0v) is 11.9. The van der Waals surface area contributed by atoms with Crippen molar-refractivity contribution in [1.29, 1.82) is 0 Å². The van der Waals surface area contributed by atoms with Gasteiger partial charge in [0, 0.05) is 6.54 Å². The highest BCUT2D eigenvalue weighted by Crippen LogP contribution is 2.21. The normalized spacial score (nSPS) is 17.2. The second-order valence-corrected chi connectivity index (χ2v) is 5.48. The molecule has 3 rings (SSSR count). The van der Waals surface area contributed by atoms with Crippen molar-refractivity contribution in [2.45, 2.75) is 12.8 Å². The Kier molecular flexibility index (Phi) is 3.97. The first-order chi connectivity index (χ1) is 9.83. The van der Waals surface area contributed by atoms with Crippen molar-refractivity contribution < 1.29 is 0 Å². The van der Waals surface area contributed by atoms with E-state index in [9.17, 15) is 0 Å². The first-order valence-electron chi connectivity index (χ1n) is 7.19. The molecule has 1 N–H and O–H groups in total. The molecule has 106 valence electrons. The SMILES string of the molecule is CN1CCC(CNc2ccccc2-n2cncn2)CC1. The molecule has 1 aliphatic rings. The number of para-hydroxylation sites is 2. The Hall–Kier alpha value is -1.88. The summed E-state index contributed by atoms with van der Waals surface area (Å²) in [5.41, 5.74) is 2.18. The standard InChI is InChI=1S/C15H21N5/c1-19-8-6-13(7-9-19)10-17-14-4-2-3-5-15(14)20-12-16-11-18-20/h2-5,11-13,17H,6-10H2,1H3. The highest BCUT2D eigenvalue weighted by molar-refractivity contribution is 5.60. The maximum atomic E-state index is 4.21. The molecule has 0 bridgehead atoms. The van der Waals surface area contributed by atoms with Crippen LogP contribution in [-0.2, 0) is 0 Å². The van der Waals surface area contributed by atoms with E-state index < -0.39 is 0 Å². The van der Waals surface area contributed by atoms with Gasteiger partial charge in [0.1, 0.15) is 12.7 Å². The number of rotatable bonds is 4. The maximum absolute atomic E-state index is 4.21. The minimum atomic E-state index is 0.759. The van der Waals surface area contributed by atoms with Crippen LogP contribution in [0.4, 0.5) is 5.69 Å². The van der Waals surface area contributed by atoms with Crippen LogP contribution in [0.15, 0.2) is 36.9 Å². The van der Waals surface area contributed by atoms with Crippen molar-refractivity contribution in [2.75, 3.05) is 32.0 Å². The minimum absolute atomic E-state index is 0.759. The summed E-state index contributed by atoms with van der Waals surface area (Å²) in [4.78, 5) is 6.42. The highest BCUT2D eigenvalue weighted by Gasteiger charge is 2.16. The number of nitrogens with one attached hydrogen (secondary N) is 1. The Balaban J connectivity index is 1.66. The second-order valence-electron chi connectivity index (χ2n) is 5.48. The largest absolute Gasteiger partial charge is 0.383 e. The summed E-state index contributed by atoms with van der Waals surface area (Å²) in [5.74, 6) is 0.759. The van der Waals surface area contributed by atoms with Crippen LogP contribution in [0.2, 0.25) is 0 Å². The monoisotopic (exact) mass is 271 g/mol. The third kappa shape index (κ3) is 2.99. The minimum Gasteiger partial charge on any atom is -0.383 e. The maximum Gasteiger partial charge on any atom is 0.138 e. The van der Waals surface area contributed by atoms with Gasteiger partial charge in [-0.2, -0.15) is 5.10 Å². The van der Waals surface area contributed by atoms with E-state index in [1.54, 1.807) is 17.3 Å². The van der Waals surface area contributed by atoms with Crippen LogP contribution in [0, 0.1) is 5.92 Å². The number of likely N-dealkylation sites (tertiary alicyclic amines) is 1. The number of hydrogen-bond acceptors (Lipinski definition) is 4. The molecular weight excluding hydrogens is 250 g/mol. The van der Waals surface area contributed by atoms with E-state index >= 15 is 0 Å².